The third-order valence-electron chi connectivity index (χ3n) is 5.17. The summed E-state index contributed by atoms with van der Waals surface area (Å²) in [5.74, 6) is 2.14. The third-order valence-corrected chi connectivity index (χ3v) is 5.17. The van der Waals surface area contributed by atoms with Gasteiger partial charge in [-0.05, 0) is 36.6 Å². The van der Waals surface area contributed by atoms with E-state index < -0.39 is 0 Å². The average Bonchev–Trinajstić information content (AvgIpc) is 2.79. The smallest absolute Gasteiger partial charge is 0.164 e. The summed E-state index contributed by atoms with van der Waals surface area (Å²) in [6.07, 6.45) is 8.58. The van der Waals surface area contributed by atoms with Crippen LogP contribution < -0.4 is 0 Å². The summed E-state index contributed by atoms with van der Waals surface area (Å²) in [5, 5.41) is 2.41. The Labute approximate surface area is 170 Å². The molecule has 1 aromatic heterocycles. The van der Waals surface area contributed by atoms with Gasteiger partial charge in [0.2, 0.25) is 0 Å². The number of rotatable bonds is 3. The number of aryl methyl sites for hydroxylation is 1. The van der Waals surface area contributed by atoms with Crippen LogP contribution >= 0.6 is 0 Å². The van der Waals surface area contributed by atoms with E-state index in [-0.39, 0.29) is 0 Å². The molecule has 0 atom stereocenters. The number of allylic oxidation sites excluding steroid dienone is 4. The van der Waals surface area contributed by atoms with Crippen molar-refractivity contribution in [3.63, 3.8) is 0 Å². The van der Waals surface area contributed by atoms with Gasteiger partial charge in [-0.15, -0.1) is 0 Å². The van der Waals surface area contributed by atoms with Crippen molar-refractivity contribution in [2.45, 2.75) is 19.8 Å². The minimum absolute atomic E-state index is 0.703. The van der Waals surface area contributed by atoms with Crippen LogP contribution in [0.2, 0.25) is 0 Å². The minimum Gasteiger partial charge on any atom is -0.208 e. The molecule has 0 aliphatic heterocycles. The monoisotopic (exact) mass is 375 g/mol. The fraction of sp³-hybridized carbons (Fsp3) is 0.115. The topological polar surface area (TPSA) is 38.7 Å². The highest BCUT2D eigenvalue weighted by Gasteiger charge is 2.13. The minimum atomic E-state index is 0.703. The van der Waals surface area contributed by atoms with Gasteiger partial charge in [0, 0.05) is 16.7 Å². The molecule has 29 heavy (non-hydrogen) atoms. The predicted molar refractivity (Wildman–Crippen MR) is 119 cm³/mol. The first kappa shape index (κ1) is 17.5. The number of hydrogen-bond acceptors (Lipinski definition) is 3. The molecule has 0 N–H and O–H groups in total. The van der Waals surface area contributed by atoms with E-state index in [1.807, 2.05) is 30.3 Å². The van der Waals surface area contributed by atoms with Gasteiger partial charge in [0.1, 0.15) is 0 Å². The molecule has 5 rings (SSSR count). The molecule has 140 valence electrons. The Hall–Kier alpha value is -3.59. The molecule has 1 aliphatic rings. The zero-order chi connectivity index (χ0) is 19.6. The van der Waals surface area contributed by atoms with Gasteiger partial charge in [-0.1, -0.05) is 84.5 Å². The zero-order valence-electron chi connectivity index (χ0n) is 16.3. The van der Waals surface area contributed by atoms with Gasteiger partial charge in [-0.3, -0.25) is 0 Å². The SMILES string of the molecule is Cc1ccc2cc(-c3nc(C4=CCCC=C4)nc(-c4ccccc4)n3)ccc2c1. The number of fused-ring (bicyclic) bond motifs is 1. The Balaban J connectivity index is 1.68. The fourth-order valence-electron chi connectivity index (χ4n) is 3.63. The van der Waals surface area contributed by atoms with Gasteiger partial charge in [0.25, 0.3) is 0 Å². The lowest BCUT2D eigenvalue weighted by Gasteiger charge is -2.11. The maximum absolute atomic E-state index is 4.84. The first-order valence-corrected chi connectivity index (χ1v) is 9.96. The molecule has 1 heterocycles. The Morgan fingerprint density at radius 2 is 1.38 bits per heavy atom. The summed E-state index contributed by atoms with van der Waals surface area (Å²) >= 11 is 0. The van der Waals surface area contributed by atoms with Crippen molar-refractivity contribution in [1.29, 1.82) is 0 Å². The van der Waals surface area contributed by atoms with Gasteiger partial charge in [0.05, 0.1) is 0 Å². The van der Waals surface area contributed by atoms with Crippen molar-refractivity contribution in [3.8, 4) is 22.8 Å². The molecular weight excluding hydrogens is 354 g/mol. The van der Waals surface area contributed by atoms with Crippen molar-refractivity contribution in [3.05, 3.63) is 96.3 Å². The summed E-state index contributed by atoms with van der Waals surface area (Å²) in [6.45, 7) is 2.11. The van der Waals surface area contributed by atoms with Crippen LogP contribution in [0.4, 0.5) is 0 Å². The standard InChI is InChI=1S/C26H21N3/c1-18-12-13-22-17-23(15-14-21(22)16-18)26-28-24(19-8-4-2-5-9-19)27-25(29-26)20-10-6-3-7-11-20/h2,4-6,8-17H,3,7H2,1H3. The maximum Gasteiger partial charge on any atom is 0.164 e. The van der Waals surface area contributed by atoms with Gasteiger partial charge >= 0.3 is 0 Å². The molecule has 0 amide bonds. The average molecular weight is 375 g/mol. The van der Waals surface area contributed by atoms with E-state index >= 15 is 0 Å². The number of nitrogens with zero attached hydrogens (tertiary/aromatic N) is 3. The van der Waals surface area contributed by atoms with Crippen LogP contribution in [0.5, 0.6) is 0 Å². The van der Waals surface area contributed by atoms with Crippen LogP contribution in [0, 0.1) is 6.92 Å². The molecule has 0 bridgehead atoms. The van der Waals surface area contributed by atoms with Crippen LogP contribution in [-0.4, -0.2) is 15.0 Å². The number of benzene rings is 3. The fourth-order valence-corrected chi connectivity index (χ4v) is 3.63. The quantitative estimate of drug-likeness (QED) is 0.416. The Bertz CT molecular complexity index is 1250. The van der Waals surface area contributed by atoms with Crippen molar-refractivity contribution in [2.24, 2.45) is 0 Å². The second-order valence-corrected chi connectivity index (χ2v) is 7.38. The second-order valence-electron chi connectivity index (χ2n) is 7.38. The lowest BCUT2D eigenvalue weighted by atomic mass is 10.0. The highest BCUT2D eigenvalue weighted by molar-refractivity contribution is 5.87. The normalized spacial score (nSPS) is 13.5. The van der Waals surface area contributed by atoms with Gasteiger partial charge in [-0.2, -0.15) is 0 Å². The molecule has 0 unspecified atom stereocenters. The summed E-state index contributed by atoms with van der Waals surface area (Å²) in [7, 11) is 0. The summed E-state index contributed by atoms with van der Waals surface area (Å²) in [6, 6.07) is 23.0. The molecule has 3 aromatic carbocycles. The van der Waals surface area contributed by atoms with Crippen molar-refractivity contribution in [2.75, 3.05) is 0 Å². The van der Waals surface area contributed by atoms with Crippen molar-refractivity contribution >= 4 is 16.3 Å². The largest absolute Gasteiger partial charge is 0.208 e. The van der Waals surface area contributed by atoms with Gasteiger partial charge in [-0.25, -0.2) is 15.0 Å². The van der Waals surface area contributed by atoms with Crippen molar-refractivity contribution in [1.82, 2.24) is 15.0 Å². The van der Waals surface area contributed by atoms with Crippen LogP contribution in [-0.2, 0) is 0 Å². The molecule has 0 saturated heterocycles. The zero-order valence-corrected chi connectivity index (χ0v) is 16.3. The van der Waals surface area contributed by atoms with Gasteiger partial charge < -0.3 is 0 Å². The number of aromatic nitrogens is 3. The highest BCUT2D eigenvalue weighted by atomic mass is 15.0. The first-order chi connectivity index (χ1) is 14.3. The van der Waals surface area contributed by atoms with Crippen molar-refractivity contribution < 1.29 is 0 Å². The van der Waals surface area contributed by atoms with Crippen LogP contribution in [0.3, 0.4) is 0 Å². The molecule has 3 heteroatoms. The molecular formula is C26H21N3. The maximum atomic E-state index is 4.84. The molecule has 0 radical (unpaired) electrons. The summed E-state index contributed by atoms with van der Waals surface area (Å²) in [4.78, 5) is 14.4. The van der Waals surface area contributed by atoms with Gasteiger partial charge in [0.15, 0.2) is 17.5 Å². The predicted octanol–water partition coefficient (Wildman–Crippen LogP) is 6.40. The Kier molecular flexibility index (Phi) is 4.49. The van der Waals surface area contributed by atoms with Crippen LogP contribution in [0.1, 0.15) is 24.2 Å². The lowest BCUT2D eigenvalue weighted by Crippen LogP contribution is -2.03. The summed E-state index contributed by atoms with van der Waals surface area (Å²) < 4.78 is 0. The third kappa shape index (κ3) is 3.59. The molecule has 3 nitrogen and oxygen atoms in total. The molecule has 1 aliphatic carbocycles. The second kappa shape index (κ2) is 7.44. The van der Waals surface area contributed by atoms with E-state index in [1.165, 1.54) is 16.3 Å². The van der Waals surface area contributed by atoms with Crippen LogP contribution in [0.15, 0.2) is 85.0 Å². The van der Waals surface area contributed by atoms with E-state index in [0.29, 0.717) is 11.6 Å². The Morgan fingerprint density at radius 3 is 2.17 bits per heavy atom. The molecule has 0 spiro atoms. The van der Waals surface area contributed by atoms with E-state index in [2.05, 4.69) is 61.5 Å². The molecule has 0 saturated carbocycles. The van der Waals surface area contributed by atoms with E-state index in [4.69, 9.17) is 15.0 Å². The molecule has 0 fully saturated rings. The van der Waals surface area contributed by atoms with E-state index in [0.717, 1.165) is 35.4 Å². The lowest BCUT2D eigenvalue weighted by molar-refractivity contribution is 1.01. The first-order valence-electron chi connectivity index (χ1n) is 9.96. The highest BCUT2D eigenvalue weighted by Crippen LogP contribution is 2.27. The summed E-state index contributed by atoms with van der Waals surface area (Å²) in [5.41, 5.74) is 4.32. The van der Waals surface area contributed by atoms with E-state index in [9.17, 15) is 0 Å². The van der Waals surface area contributed by atoms with Crippen LogP contribution in [0.25, 0.3) is 39.1 Å². The number of hydrogen-bond donors (Lipinski definition) is 0. The van der Waals surface area contributed by atoms with E-state index in [1.54, 1.807) is 0 Å². The molecule has 4 aromatic rings. The Morgan fingerprint density at radius 1 is 0.655 bits per heavy atom.